The number of rotatable bonds is 2. The summed E-state index contributed by atoms with van der Waals surface area (Å²) >= 11 is 15.6. The number of nitrogens with one attached hydrogen (secondary N) is 1. The molecule has 0 fully saturated rings. The molecule has 0 aliphatic rings. The van der Waals surface area contributed by atoms with E-state index in [2.05, 4.69) is 26.2 Å². The molecule has 2 aromatic carbocycles. The van der Waals surface area contributed by atoms with E-state index in [4.69, 9.17) is 23.2 Å². The molecular weight excluding hydrogens is 387 g/mol. The summed E-state index contributed by atoms with van der Waals surface area (Å²) in [6.45, 7) is 0. The lowest BCUT2D eigenvalue weighted by molar-refractivity contribution is 0.102. The van der Waals surface area contributed by atoms with Gasteiger partial charge < -0.3 is 5.32 Å². The topological polar surface area (TPSA) is 42.0 Å². The predicted molar refractivity (Wildman–Crippen MR) is 93.9 cm³/mol. The van der Waals surface area contributed by atoms with Crippen molar-refractivity contribution in [1.82, 2.24) is 4.98 Å². The van der Waals surface area contributed by atoms with Crippen LogP contribution in [0.5, 0.6) is 0 Å². The zero-order chi connectivity index (χ0) is 15.7. The zero-order valence-corrected chi connectivity index (χ0v) is 14.2. The van der Waals surface area contributed by atoms with Gasteiger partial charge in [-0.2, -0.15) is 0 Å². The highest BCUT2D eigenvalue weighted by molar-refractivity contribution is 9.10. The zero-order valence-electron chi connectivity index (χ0n) is 11.1. The molecule has 3 nitrogen and oxygen atoms in total. The Morgan fingerprint density at radius 3 is 2.64 bits per heavy atom. The van der Waals surface area contributed by atoms with E-state index in [1.165, 1.54) is 0 Å². The van der Waals surface area contributed by atoms with Crippen LogP contribution in [-0.4, -0.2) is 10.9 Å². The van der Waals surface area contributed by atoms with Crippen LogP contribution in [0.3, 0.4) is 0 Å². The summed E-state index contributed by atoms with van der Waals surface area (Å²) in [5, 5.41) is 5.13. The van der Waals surface area contributed by atoms with E-state index in [9.17, 15) is 4.79 Å². The fourth-order valence-corrected chi connectivity index (χ4v) is 3.03. The Hall–Kier alpha value is -1.62. The van der Waals surface area contributed by atoms with Gasteiger partial charge in [0.25, 0.3) is 5.91 Å². The van der Waals surface area contributed by atoms with Crippen LogP contribution in [0, 0.1) is 0 Å². The highest BCUT2D eigenvalue weighted by Crippen LogP contribution is 2.27. The van der Waals surface area contributed by atoms with Gasteiger partial charge in [0.1, 0.15) is 10.8 Å². The molecular formula is C16H9BrCl2N2O. The van der Waals surface area contributed by atoms with Crippen LogP contribution in [0.4, 0.5) is 5.69 Å². The van der Waals surface area contributed by atoms with Crippen LogP contribution in [0.2, 0.25) is 10.2 Å². The number of aromatic nitrogens is 1. The molecule has 6 heteroatoms. The molecule has 1 amide bonds. The maximum atomic E-state index is 12.3. The second kappa shape index (κ2) is 6.24. The molecule has 0 radical (unpaired) electrons. The van der Waals surface area contributed by atoms with Crippen molar-refractivity contribution in [2.45, 2.75) is 0 Å². The Kier molecular flexibility index (Phi) is 4.34. The van der Waals surface area contributed by atoms with Crippen LogP contribution >= 0.6 is 39.1 Å². The second-order valence-corrected chi connectivity index (χ2v) is 6.28. The molecule has 0 bridgehead atoms. The van der Waals surface area contributed by atoms with Gasteiger partial charge in [0.15, 0.2) is 0 Å². The molecule has 1 heterocycles. The molecule has 0 aliphatic heterocycles. The number of carbonyl (C=O) groups excluding carboxylic acids is 1. The SMILES string of the molecule is O=C(Nc1ccc(Br)cc1Cl)c1cc2ccccc2c(Cl)n1. The maximum Gasteiger partial charge on any atom is 0.274 e. The Morgan fingerprint density at radius 2 is 1.86 bits per heavy atom. The van der Waals surface area contributed by atoms with Crippen molar-refractivity contribution in [2.75, 3.05) is 5.32 Å². The van der Waals surface area contributed by atoms with E-state index in [0.29, 0.717) is 15.9 Å². The first-order valence-electron chi connectivity index (χ1n) is 6.36. The summed E-state index contributed by atoms with van der Waals surface area (Å²) in [5.74, 6) is -0.364. The van der Waals surface area contributed by atoms with E-state index in [-0.39, 0.29) is 11.6 Å². The molecule has 1 N–H and O–H groups in total. The first-order valence-corrected chi connectivity index (χ1v) is 7.91. The number of carbonyl (C=O) groups is 1. The van der Waals surface area contributed by atoms with Crippen molar-refractivity contribution >= 4 is 61.5 Å². The molecule has 0 spiro atoms. The third kappa shape index (κ3) is 3.09. The Bertz CT molecular complexity index is 883. The second-order valence-electron chi connectivity index (χ2n) is 4.60. The van der Waals surface area contributed by atoms with Gasteiger partial charge in [0.05, 0.1) is 10.7 Å². The molecule has 0 aliphatic carbocycles. The number of halogens is 3. The first-order chi connectivity index (χ1) is 10.5. The van der Waals surface area contributed by atoms with Crippen molar-refractivity contribution < 1.29 is 4.79 Å². The first kappa shape index (κ1) is 15.3. The normalized spacial score (nSPS) is 10.7. The number of hydrogen-bond donors (Lipinski definition) is 1. The number of fused-ring (bicyclic) bond motifs is 1. The summed E-state index contributed by atoms with van der Waals surface area (Å²) in [7, 11) is 0. The minimum atomic E-state index is -0.364. The van der Waals surface area contributed by atoms with E-state index in [1.54, 1.807) is 24.3 Å². The van der Waals surface area contributed by atoms with Crippen molar-refractivity contribution in [3.05, 3.63) is 68.9 Å². The van der Waals surface area contributed by atoms with Crippen LogP contribution in [-0.2, 0) is 0 Å². The smallest absolute Gasteiger partial charge is 0.274 e. The van der Waals surface area contributed by atoms with Gasteiger partial charge in [-0.25, -0.2) is 4.98 Å². The minimum Gasteiger partial charge on any atom is -0.319 e. The average molecular weight is 396 g/mol. The quantitative estimate of drug-likeness (QED) is 0.577. The molecule has 1 aromatic heterocycles. The summed E-state index contributed by atoms with van der Waals surface area (Å²) in [5.41, 5.74) is 0.753. The number of hydrogen-bond acceptors (Lipinski definition) is 2. The van der Waals surface area contributed by atoms with Crippen LogP contribution < -0.4 is 5.32 Å². The monoisotopic (exact) mass is 394 g/mol. The number of amides is 1. The summed E-state index contributed by atoms with van der Waals surface area (Å²) < 4.78 is 0.836. The molecule has 0 saturated carbocycles. The molecule has 0 unspecified atom stereocenters. The van der Waals surface area contributed by atoms with Crippen LogP contribution in [0.1, 0.15) is 10.5 Å². The highest BCUT2D eigenvalue weighted by atomic mass is 79.9. The number of nitrogens with zero attached hydrogens (tertiary/aromatic N) is 1. The van der Waals surface area contributed by atoms with Crippen LogP contribution in [0.15, 0.2) is 53.0 Å². The Labute approximate surface area is 145 Å². The Morgan fingerprint density at radius 1 is 1.09 bits per heavy atom. The molecule has 3 rings (SSSR count). The highest BCUT2D eigenvalue weighted by Gasteiger charge is 2.13. The van der Waals surface area contributed by atoms with E-state index >= 15 is 0 Å². The van der Waals surface area contributed by atoms with Gasteiger partial charge in [-0.3, -0.25) is 4.79 Å². The lowest BCUT2D eigenvalue weighted by Crippen LogP contribution is -2.14. The van der Waals surface area contributed by atoms with Gasteiger partial charge in [-0.15, -0.1) is 0 Å². The third-order valence-corrected chi connectivity index (χ3v) is 4.20. The molecule has 0 atom stereocenters. The van der Waals surface area contributed by atoms with Crippen molar-refractivity contribution in [2.24, 2.45) is 0 Å². The predicted octanol–water partition coefficient (Wildman–Crippen LogP) is 5.56. The third-order valence-electron chi connectivity index (χ3n) is 3.11. The molecule has 110 valence electrons. The van der Waals surface area contributed by atoms with Crippen molar-refractivity contribution in [1.29, 1.82) is 0 Å². The van der Waals surface area contributed by atoms with Crippen molar-refractivity contribution in [3.8, 4) is 0 Å². The number of anilines is 1. The van der Waals surface area contributed by atoms with Gasteiger partial charge in [0.2, 0.25) is 0 Å². The summed E-state index contributed by atoms with van der Waals surface area (Å²) in [6, 6.07) is 14.4. The Balaban J connectivity index is 1.95. The largest absolute Gasteiger partial charge is 0.319 e. The fourth-order valence-electron chi connectivity index (χ4n) is 2.05. The van der Waals surface area contributed by atoms with Crippen LogP contribution in [0.25, 0.3) is 10.8 Å². The maximum absolute atomic E-state index is 12.3. The lowest BCUT2D eigenvalue weighted by atomic mass is 10.1. The number of pyridine rings is 1. The van der Waals surface area contributed by atoms with Gasteiger partial charge in [-0.1, -0.05) is 63.4 Å². The molecule has 22 heavy (non-hydrogen) atoms. The van der Waals surface area contributed by atoms with E-state index in [1.807, 2.05) is 24.3 Å². The minimum absolute atomic E-state index is 0.239. The standard InChI is InChI=1S/C16H9BrCl2N2O/c17-10-5-6-13(12(18)8-10)21-16(22)14-7-9-3-1-2-4-11(9)15(19)20-14/h1-8H,(H,21,22). The summed E-state index contributed by atoms with van der Waals surface area (Å²) in [6.07, 6.45) is 0. The number of benzene rings is 2. The van der Waals surface area contributed by atoms with E-state index in [0.717, 1.165) is 15.2 Å². The average Bonchev–Trinajstić information content (AvgIpc) is 2.50. The van der Waals surface area contributed by atoms with Crippen molar-refractivity contribution in [3.63, 3.8) is 0 Å². The van der Waals surface area contributed by atoms with Gasteiger partial charge in [-0.05, 0) is 29.7 Å². The fraction of sp³-hybridized carbons (Fsp3) is 0. The lowest BCUT2D eigenvalue weighted by Gasteiger charge is -2.08. The molecule has 0 saturated heterocycles. The molecule has 3 aromatic rings. The van der Waals surface area contributed by atoms with Gasteiger partial charge in [0, 0.05) is 9.86 Å². The summed E-state index contributed by atoms with van der Waals surface area (Å²) in [4.78, 5) is 16.5. The van der Waals surface area contributed by atoms with E-state index < -0.39 is 0 Å². The van der Waals surface area contributed by atoms with Gasteiger partial charge >= 0.3 is 0 Å².